The number of aromatic nitrogens is 2. The molecule has 5 nitrogen and oxygen atoms in total. The number of guanidine groups is 1. The van der Waals surface area contributed by atoms with Gasteiger partial charge in [0.2, 0.25) is 0 Å². The minimum Gasteiger partial charge on any atom is -0.357 e. The molecule has 1 aromatic heterocycles. The van der Waals surface area contributed by atoms with E-state index < -0.39 is 0 Å². The highest BCUT2D eigenvalue weighted by Crippen LogP contribution is 2.08. The Hall–Kier alpha value is -1.57. The monoisotopic (exact) mass is 455 g/mol. The van der Waals surface area contributed by atoms with E-state index in [4.69, 9.17) is 0 Å². The van der Waals surface area contributed by atoms with Crippen molar-refractivity contribution < 1.29 is 0 Å². The summed E-state index contributed by atoms with van der Waals surface area (Å²) < 4.78 is 1.94. The lowest BCUT2D eigenvalue weighted by Crippen LogP contribution is -2.38. The molecule has 0 fully saturated rings. The van der Waals surface area contributed by atoms with Gasteiger partial charge in [-0.15, -0.1) is 24.0 Å². The van der Waals surface area contributed by atoms with Crippen molar-refractivity contribution in [2.45, 2.75) is 40.2 Å². The van der Waals surface area contributed by atoms with Crippen molar-refractivity contribution in [3.8, 4) is 0 Å². The number of aryl methyl sites for hydroxylation is 3. The summed E-state index contributed by atoms with van der Waals surface area (Å²) in [6.07, 6.45) is 5.77. The lowest BCUT2D eigenvalue weighted by molar-refractivity contribution is 0.584. The van der Waals surface area contributed by atoms with Crippen LogP contribution in [-0.4, -0.2) is 35.4 Å². The number of aliphatic imine (C=N–C) groups is 1. The molecular formula is C19H30IN5. The van der Waals surface area contributed by atoms with E-state index in [1.165, 1.54) is 16.7 Å². The zero-order valence-electron chi connectivity index (χ0n) is 15.5. The van der Waals surface area contributed by atoms with Crippen molar-refractivity contribution >= 4 is 29.9 Å². The van der Waals surface area contributed by atoms with Crippen LogP contribution in [0.1, 0.15) is 30.0 Å². The number of benzene rings is 1. The van der Waals surface area contributed by atoms with Gasteiger partial charge in [-0.3, -0.25) is 9.67 Å². The highest BCUT2D eigenvalue weighted by atomic mass is 127. The van der Waals surface area contributed by atoms with E-state index in [0.29, 0.717) is 0 Å². The van der Waals surface area contributed by atoms with E-state index in [0.717, 1.165) is 45.0 Å². The minimum atomic E-state index is 0. The molecule has 0 atom stereocenters. The third-order valence-corrected chi connectivity index (χ3v) is 3.71. The van der Waals surface area contributed by atoms with Crippen LogP contribution in [-0.2, 0) is 13.0 Å². The Morgan fingerprint density at radius 3 is 2.56 bits per heavy atom. The van der Waals surface area contributed by atoms with Gasteiger partial charge in [-0.2, -0.15) is 5.10 Å². The summed E-state index contributed by atoms with van der Waals surface area (Å²) in [6.45, 7) is 9.83. The summed E-state index contributed by atoms with van der Waals surface area (Å²) in [5.74, 6) is 0.891. The van der Waals surface area contributed by atoms with Crippen molar-refractivity contribution in [1.82, 2.24) is 20.4 Å². The third kappa shape index (κ3) is 8.38. The maximum absolute atomic E-state index is 4.63. The SMILES string of the molecule is CCNC(=NCCCn1cccn1)NCCc1cc(C)cc(C)c1.I. The van der Waals surface area contributed by atoms with Gasteiger partial charge in [0, 0.05) is 38.6 Å². The van der Waals surface area contributed by atoms with Crippen LogP contribution < -0.4 is 10.6 Å². The molecule has 0 aliphatic carbocycles. The second-order valence-electron chi connectivity index (χ2n) is 6.06. The van der Waals surface area contributed by atoms with E-state index >= 15 is 0 Å². The molecule has 2 aromatic rings. The molecule has 1 aromatic carbocycles. The standard InChI is InChI=1S/C19H29N5.HI/c1-4-20-19(21-8-5-11-24-12-6-9-23-24)22-10-7-18-14-16(2)13-17(3)15-18;/h6,9,12-15H,4-5,7-8,10-11H2,1-3H3,(H2,20,21,22);1H. The van der Waals surface area contributed by atoms with Gasteiger partial charge in [0.1, 0.15) is 0 Å². The Morgan fingerprint density at radius 2 is 1.92 bits per heavy atom. The van der Waals surface area contributed by atoms with Crippen LogP contribution in [0.3, 0.4) is 0 Å². The van der Waals surface area contributed by atoms with Crippen LogP contribution in [0.15, 0.2) is 41.7 Å². The lowest BCUT2D eigenvalue weighted by Gasteiger charge is -2.12. The fraction of sp³-hybridized carbons (Fsp3) is 0.474. The summed E-state index contributed by atoms with van der Waals surface area (Å²) in [6, 6.07) is 8.66. The quantitative estimate of drug-likeness (QED) is 0.278. The average molecular weight is 455 g/mol. The zero-order chi connectivity index (χ0) is 17.2. The van der Waals surface area contributed by atoms with Gasteiger partial charge in [-0.05, 0) is 45.2 Å². The van der Waals surface area contributed by atoms with Crippen LogP contribution in [0.4, 0.5) is 0 Å². The normalized spacial score (nSPS) is 11.1. The number of hydrogen-bond acceptors (Lipinski definition) is 2. The maximum Gasteiger partial charge on any atom is 0.191 e. The Balaban J connectivity index is 0.00000312. The van der Waals surface area contributed by atoms with E-state index in [9.17, 15) is 0 Å². The molecule has 0 spiro atoms. The Kier molecular flexibility index (Phi) is 10.2. The summed E-state index contributed by atoms with van der Waals surface area (Å²) in [4.78, 5) is 4.63. The molecule has 0 saturated heterocycles. The summed E-state index contributed by atoms with van der Waals surface area (Å²) >= 11 is 0. The van der Waals surface area contributed by atoms with Crippen molar-refractivity contribution in [2.24, 2.45) is 4.99 Å². The molecule has 6 heteroatoms. The van der Waals surface area contributed by atoms with Gasteiger partial charge in [0.15, 0.2) is 5.96 Å². The number of nitrogens with one attached hydrogen (secondary N) is 2. The van der Waals surface area contributed by atoms with E-state index in [1.54, 1.807) is 0 Å². The molecule has 25 heavy (non-hydrogen) atoms. The second-order valence-corrected chi connectivity index (χ2v) is 6.06. The zero-order valence-corrected chi connectivity index (χ0v) is 17.8. The van der Waals surface area contributed by atoms with Crippen molar-refractivity contribution in [3.05, 3.63) is 53.3 Å². The predicted molar refractivity (Wildman–Crippen MR) is 116 cm³/mol. The fourth-order valence-corrected chi connectivity index (χ4v) is 2.74. The first-order valence-corrected chi connectivity index (χ1v) is 8.74. The molecule has 0 saturated carbocycles. The molecule has 2 rings (SSSR count). The molecule has 0 amide bonds. The molecule has 0 bridgehead atoms. The second kappa shape index (κ2) is 11.9. The highest BCUT2D eigenvalue weighted by Gasteiger charge is 1.99. The molecule has 2 N–H and O–H groups in total. The molecule has 0 aliphatic heterocycles. The van der Waals surface area contributed by atoms with Crippen molar-refractivity contribution in [2.75, 3.05) is 19.6 Å². The molecule has 138 valence electrons. The third-order valence-electron chi connectivity index (χ3n) is 3.71. The molecule has 0 radical (unpaired) electrons. The van der Waals surface area contributed by atoms with Gasteiger partial charge in [0.05, 0.1) is 0 Å². The molecule has 0 aliphatic rings. The largest absolute Gasteiger partial charge is 0.357 e. The van der Waals surface area contributed by atoms with Gasteiger partial charge >= 0.3 is 0 Å². The fourth-order valence-electron chi connectivity index (χ4n) is 2.74. The molecule has 0 unspecified atom stereocenters. The number of nitrogens with zero attached hydrogens (tertiary/aromatic N) is 3. The Bertz CT molecular complexity index is 617. The lowest BCUT2D eigenvalue weighted by atomic mass is 10.1. The first kappa shape index (κ1) is 21.5. The molecular weight excluding hydrogens is 425 g/mol. The van der Waals surface area contributed by atoms with Crippen molar-refractivity contribution in [3.63, 3.8) is 0 Å². The van der Waals surface area contributed by atoms with E-state index in [1.807, 2.05) is 23.1 Å². The van der Waals surface area contributed by atoms with Crippen LogP contribution in [0, 0.1) is 13.8 Å². The predicted octanol–water partition coefficient (Wildman–Crippen LogP) is 3.31. The van der Waals surface area contributed by atoms with E-state index in [2.05, 4.69) is 59.7 Å². The Labute approximate surface area is 168 Å². The topological polar surface area (TPSA) is 54.2 Å². The van der Waals surface area contributed by atoms with Crippen LogP contribution in [0.25, 0.3) is 0 Å². The maximum atomic E-state index is 4.63. The van der Waals surface area contributed by atoms with Crippen LogP contribution >= 0.6 is 24.0 Å². The highest BCUT2D eigenvalue weighted by molar-refractivity contribution is 14.0. The van der Waals surface area contributed by atoms with Gasteiger partial charge in [-0.25, -0.2) is 0 Å². The van der Waals surface area contributed by atoms with Gasteiger partial charge in [-0.1, -0.05) is 29.3 Å². The number of rotatable bonds is 8. The van der Waals surface area contributed by atoms with Gasteiger partial charge < -0.3 is 10.6 Å². The molecule has 1 heterocycles. The number of halogens is 1. The van der Waals surface area contributed by atoms with Gasteiger partial charge in [0.25, 0.3) is 0 Å². The average Bonchev–Trinajstić information content (AvgIpc) is 3.04. The summed E-state index contributed by atoms with van der Waals surface area (Å²) in [7, 11) is 0. The number of hydrogen-bond donors (Lipinski definition) is 2. The van der Waals surface area contributed by atoms with Crippen LogP contribution in [0.5, 0.6) is 0 Å². The van der Waals surface area contributed by atoms with E-state index in [-0.39, 0.29) is 24.0 Å². The minimum absolute atomic E-state index is 0. The van der Waals surface area contributed by atoms with Crippen LogP contribution in [0.2, 0.25) is 0 Å². The first-order chi connectivity index (χ1) is 11.7. The Morgan fingerprint density at radius 1 is 1.16 bits per heavy atom. The first-order valence-electron chi connectivity index (χ1n) is 8.74. The van der Waals surface area contributed by atoms with Crippen molar-refractivity contribution in [1.29, 1.82) is 0 Å². The summed E-state index contributed by atoms with van der Waals surface area (Å²) in [5, 5.41) is 10.9. The smallest absolute Gasteiger partial charge is 0.191 e. The summed E-state index contributed by atoms with van der Waals surface area (Å²) in [5.41, 5.74) is 4.02.